The van der Waals surface area contributed by atoms with Gasteiger partial charge in [-0.2, -0.15) is 4.21 Å². The first kappa shape index (κ1) is 11.2. The van der Waals surface area contributed by atoms with Crippen molar-refractivity contribution in [2.75, 3.05) is 4.31 Å². The average Bonchev–Trinajstić information content (AvgIpc) is 2.68. The summed E-state index contributed by atoms with van der Waals surface area (Å²) in [5.74, 6) is 1.50. The van der Waals surface area contributed by atoms with E-state index in [2.05, 4.69) is 0 Å². The molecule has 18 heavy (non-hydrogen) atoms. The smallest absolute Gasteiger partial charge is 0.364 e. The number of fused-ring (bicyclic) bond motifs is 1. The molecule has 0 saturated heterocycles. The third-order valence-corrected chi connectivity index (χ3v) is 3.94. The molecule has 5 heteroatoms. The van der Waals surface area contributed by atoms with Crippen molar-refractivity contribution in [1.82, 2.24) is 0 Å². The van der Waals surface area contributed by atoms with Crippen LogP contribution in [0.25, 0.3) is 0 Å². The molecule has 0 aliphatic carbocycles. The van der Waals surface area contributed by atoms with Gasteiger partial charge in [0.05, 0.1) is 13.2 Å². The first-order chi connectivity index (χ1) is 8.68. The minimum Gasteiger partial charge on any atom is -0.364 e. The second kappa shape index (κ2) is 4.10. The zero-order valence-corrected chi connectivity index (χ0v) is 11.0. The van der Waals surface area contributed by atoms with Crippen molar-refractivity contribution in [3.63, 3.8) is 0 Å². The molecule has 0 saturated carbocycles. The molecule has 0 N–H and O–H groups in total. The summed E-state index contributed by atoms with van der Waals surface area (Å²) in [6.07, 6.45) is 1.92. The Labute approximate surface area is 108 Å². The van der Waals surface area contributed by atoms with Crippen molar-refractivity contribution < 1.29 is 13.0 Å². The fraction of sp³-hybridized carbons (Fsp3) is 0.154. The van der Waals surface area contributed by atoms with Gasteiger partial charge in [0.15, 0.2) is 11.4 Å². The SMILES string of the molecule is Cc1cccc2c1N(c1cccc[n+]1C)S(=O)O2. The summed E-state index contributed by atoms with van der Waals surface area (Å²) in [4.78, 5) is 0. The van der Waals surface area contributed by atoms with Crippen LogP contribution >= 0.6 is 0 Å². The molecule has 1 aliphatic rings. The summed E-state index contributed by atoms with van der Waals surface area (Å²) in [5, 5.41) is 0. The molecule has 92 valence electrons. The molecule has 2 aromatic rings. The molecule has 0 radical (unpaired) electrons. The van der Waals surface area contributed by atoms with E-state index < -0.39 is 11.3 Å². The molecule has 1 aromatic heterocycles. The molecular formula is C13H13N2O2S+. The molecule has 3 rings (SSSR count). The van der Waals surface area contributed by atoms with Crippen LogP contribution in [0.1, 0.15) is 5.56 Å². The van der Waals surface area contributed by atoms with Gasteiger partial charge in [-0.05, 0) is 19.1 Å². The summed E-state index contributed by atoms with van der Waals surface area (Å²) >= 11 is -1.52. The number of anilines is 2. The van der Waals surface area contributed by atoms with Gasteiger partial charge >= 0.3 is 11.3 Å². The lowest BCUT2D eigenvalue weighted by Crippen LogP contribution is -2.36. The maximum absolute atomic E-state index is 12.1. The number of aromatic nitrogens is 1. The van der Waals surface area contributed by atoms with Crippen molar-refractivity contribution >= 4 is 22.8 Å². The van der Waals surface area contributed by atoms with Crippen LogP contribution < -0.4 is 13.1 Å². The van der Waals surface area contributed by atoms with E-state index in [1.165, 1.54) is 0 Å². The van der Waals surface area contributed by atoms with E-state index >= 15 is 0 Å². The van der Waals surface area contributed by atoms with E-state index in [4.69, 9.17) is 4.18 Å². The maximum atomic E-state index is 12.1. The highest BCUT2D eigenvalue weighted by molar-refractivity contribution is 7.82. The highest BCUT2D eigenvalue weighted by Gasteiger charge is 2.40. The highest BCUT2D eigenvalue weighted by Crippen LogP contribution is 2.42. The van der Waals surface area contributed by atoms with Crippen LogP contribution in [-0.4, -0.2) is 4.21 Å². The number of hydrogen-bond donors (Lipinski definition) is 0. The summed E-state index contributed by atoms with van der Waals surface area (Å²) < 4.78 is 21.2. The molecule has 0 fully saturated rings. The van der Waals surface area contributed by atoms with Crippen LogP contribution in [0.5, 0.6) is 5.75 Å². The summed E-state index contributed by atoms with van der Waals surface area (Å²) in [6, 6.07) is 11.5. The van der Waals surface area contributed by atoms with Gasteiger partial charge in [0, 0.05) is 11.6 Å². The Kier molecular flexibility index (Phi) is 2.56. The number of benzene rings is 1. The van der Waals surface area contributed by atoms with E-state index in [1.807, 2.05) is 61.1 Å². The lowest BCUT2D eigenvalue weighted by Gasteiger charge is -2.09. The van der Waals surface area contributed by atoms with Gasteiger partial charge in [-0.3, -0.25) is 0 Å². The fourth-order valence-electron chi connectivity index (χ4n) is 2.06. The van der Waals surface area contributed by atoms with Crippen LogP contribution in [0.2, 0.25) is 0 Å². The van der Waals surface area contributed by atoms with Crippen molar-refractivity contribution in [3.8, 4) is 5.75 Å². The molecule has 2 heterocycles. The standard InChI is InChI=1S/C13H13N2O2S/c1-10-6-5-7-11-13(10)15(18(16)17-11)12-8-3-4-9-14(12)2/h3-9H,1-2H3/q+1. The van der Waals surface area contributed by atoms with Crippen LogP contribution in [0.4, 0.5) is 11.5 Å². The second-order valence-electron chi connectivity index (χ2n) is 4.19. The summed E-state index contributed by atoms with van der Waals surface area (Å²) in [6.45, 7) is 1.99. The van der Waals surface area contributed by atoms with Crippen LogP contribution in [0, 0.1) is 6.92 Å². The van der Waals surface area contributed by atoms with Gasteiger partial charge < -0.3 is 4.18 Å². The topological polar surface area (TPSA) is 33.4 Å². The predicted octanol–water partition coefficient (Wildman–Crippen LogP) is 1.93. The molecule has 1 aliphatic heterocycles. The van der Waals surface area contributed by atoms with Gasteiger partial charge in [-0.1, -0.05) is 22.5 Å². The number of aryl methyl sites for hydroxylation is 2. The maximum Gasteiger partial charge on any atom is 0.416 e. The van der Waals surface area contributed by atoms with E-state index in [9.17, 15) is 4.21 Å². The predicted molar refractivity (Wildman–Crippen MR) is 69.7 cm³/mol. The molecule has 1 unspecified atom stereocenters. The Morgan fingerprint density at radius 2 is 2.06 bits per heavy atom. The van der Waals surface area contributed by atoms with Gasteiger partial charge in [-0.25, -0.2) is 4.57 Å². The lowest BCUT2D eigenvalue weighted by atomic mass is 10.2. The van der Waals surface area contributed by atoms with E-state index in [0.717, 1.165) is 17.1 Å². The van der Waals surface area contributed by atoms with Gasteiger partial charge in [0.25, 0.3) is 5.82 Å². The van der Waals surface area contributed by atoms with Crippen molar-refractivity contribution in [2.24, 2.45) is 7.05 Å². The Hall–Kier alpha value is -1.88. The van der Waals surface area contributed by atoms with Gasteiger partial charge in [0.1, 0.15) is 0 Å². The largest absolute Gasteiger partial charge is 0.416 e. The molecular weight excluding hydrogens is 248 g/mol. The van der Waals surface area contributed by atoms with Crippen molar-refractivity contribution in [2.45, 2.75) is 6.92 Å². The van der Waals surface area contributed by atoms with Gasteiger partial charge in [-0.15, -0.1) is 0 Å². The minimum atomic E-state index is -1.52. The first-order valence-electron chi connectivity index (χ1n) is 5.63. The minimum absolute atomic E-state index is 0.664. The van der Waals surface area contributed by atoms with E-state index in [-0.39, 0.29) is 0 Å². The summed E-state index contributed by atoms with van der Waals surface area (Å²) in [7, 11) is 1.92. The molecule has 0 spiro atoms. The van der Waals surface area contributed by atoms with E-state index in [0.29, 0.717) is 5.75 Å². The zero-order valence-electron chi connectivity index (χ0n) is 10.2. The number of rotatable bonds is 1. The third-order valence-electron chi connectivity index (χ3n) is 2.95. The first-order valence-corrected chi connectivity index (χ1v) is 6.66. The normalized spacial score (nSPS) is 17.4. The second-order valence-corrected chi connectivity index (χ2v) is 5.15. The molecule has 0 bridgehead atoms. The van der Waals surface area contributed by atoms with Crippen LogP contribution in [-0.2, 0) is 18.3 Å². The molecule has 4 nitrogen and oxygen atoms in total. The van der Waals surface area contributed by atoms with Gasteiger partial charge in [0.2, 0.25) is 0 Å². The lowest BCUT2D eigenvalue weighted by molar-refractivity contribution is -0.657. The van der Waals surface area contributed by atoms with Crippen LogP contribution in [0.3, 0.4) is 0 Å². The Balaban J connectivity index is 2.21. The highest BCUT2D eigenvalue weighted by atomic mass is 32.2. The Morgan fingerprint density at radius 1 is 1.22 bits per heavy atom. The van der Waals surface area contributed by atoms with Crippen LogP contribution in [0.15, 0.2) is 42.6 Å². The number of hydrogen-bond acceptors (Lipinski definition) is 2. The summed E-state index contributed by atoms with van der Waals surface area (Å²) in [5.41, 5.74) is 1.92. The fourth-order valence-corrected chi connectivity index (χ4v) is 3.15. The number of pyridine rings is 1. The van der Waals surface area contributed by atoms with E-state index in [1.54, 1.807) is 4.31 Å². The average molecular weight is 261 g/mol. The Bertz CT molecular complexity index is 643. The Morgan fingerprint density at radius 3 is 2.83 bits per heavy atom. The zero-order chi connectivity index (χ0) is 12.7. The molecule has 1 aromatic carbocycles. The number of para-hydroxylation sites is 1. The van der Waals surface area contributed by atoms with Crippen molar-refractivity contribution in [1.29, 1.82) is 0 Å². The molecule has 1 atom stereocenters. The quantitative estimate of drug-likeness (QED) is 0.735. The van der Waals surface area contributed by atoms with Crippen molar-refractivity contribution in [3.05, 3.63) is 48.2 Å². The number of nitrogens with zero attached hydrogens (tertiary/aromatic N) is 2. The third kappa shape index (κ3) is 1.59. The molecule has 0 amide bonds. The monoisotopic (exact) mass is 261 g/mol.